The highest BCUT2D eigenvalue weighted by molar-refractivity contribution is 5.80. The standard InChI is InChI=1S/C23H27N7/c1-15-13-24-29(3)23(15)21-12-20(27-28-21)17-8-10-30(11-9-17)14-22-25-16(2)18-6-4-5-7-19(18)26-22/h4-7,12-13,17H,8-11,14H2,1-3H3,(H,27,28). The van der Waals surface area contributed by atoms with E-state index in [4.69, 9.17) is 9.97 Å². The highest BCUT2D eigenvalue weighted by Gasteiger charge is 2.24. The molecule has 4 heterocycles. The van der Waals surface area contributed by atoms with Crippen LogP contribution in [0.15, 0.2) is 36.5 Å². The minimum Gasteiger partial charge on any atom is -0.296 e. The number of hydrogen-bond acceptors (Lipinski definition) is 5. The molecule has 1 aliphatic heterocycles. The molecule has 0 amide bonds. The molecule has 0 atom stereocenters. The number of piperidine rings is 1. The van der Waals surface area contributed by atoms with Gasteiger partial charge in [0.15, 0.2) is 0 Å². The number of aryl methyl sites for hydroxylation is 3. The van der Waals surface area contributed by atoms with Gasteiger partial charge >= 0.3 is 0 Å². The summed E-state index contributed by atoms with van der Waals surface area (Å²) in [6.45, 7) is 7.03. The number of fused-ring (bicyclic) bond motifs is 1. The van der Waals surface area contributed by atoms with Crippen molar-refractivity contribution in [1.82, 2.24) is 34.8 Å². The third-order valence-corrected chi connectivity index (χ3v) is 6.19. The van der Waals surface area contributed by atoms with Gasteiger partial charge in [-0.05, 0) is 57.5 Å². The molecule has 30 heavy (non-hydrogen) atoms. The molecule has 7 nitrogen and oxygen atoms in total. The summed E-state index contributed by atoms with van der Waals surface area (Å²) in [7, 11) is 1.96. The maximum atomic E-state index is 4.78. The molecule has 1 N–H and O–H groups in total. The number of benzene rings is 1. The Balaban J connectivity index is 1.25. The molecule has 154 valence electrons. The van der Waals surface area contributed by atoms with Crippen molar-refractivity contribution in [2.45, 2.75) is 39.2 Å². The van der Waals surface area contributed by atoms with Crippen molar-refractivity contribution in [3.8, 4) is 11.4 Å². The van der Waals surface area contributed by atoms with E-state index in [1.54, 1.807) is 0 Å². The number of likely N-dealkylation sites (tertiary alicyclic amines) is 1. The van der Waals surface area contributed by atoms with E-state index in [1.165, 1.54) is 5.69 Å². The lowest BCUT2D eigenvalue weighted by Crippen LogP contribution is -2.33. The predicted octanol–water partition coefficient (Wildman–Crippen LogP) is 3.75. The van der Waals surface area contributed by atoms with Crippen LogP contribution in [0.4, 0.5) is 0 Å². The van der Waals surface area contributed by atoms with E-state index in [0.717, 1.165) is 71.8 Å². The second-order valence-electron chi connectivity index (χ2n) is 8.30. The van der Waals surface area contributed by atoms with Gasteiger partial charge in [0.1, 0.15) is 11.5 Å². The third kappa shape index (κ3) is 3.50. The van der Waals surface area contributed by atoms with Gasteiger partial charge in [-0.2, -0.15) is 10.2 Å². The zero-order valence-corrected chi connectivity index (χ0v) is 17.8. The molecule has 4 aromatic rings. The topological polar surface area (TPSA) is 75.5 Å². The Morgan fingerprint density at radius 2 is 1.90 bits per heavy atom. The molecule has 7 heteroatoms. The number of aromatic nitrogens is 6. The summed E-state index contributed by atoms with van der Waals surface area (Å²) < 4.78 is 1.89. The van der Waals surface area contributed by atoms with Crippen molar-refractivity contribution in [2.75, 3.05) is 13.1 Å². The summed E-state index contributed by atoms with van der Waals surface area (Å²) in [6, 6.07) is 10.4. The summed E-state index contributed by atoms with van der Waals surface area (Å²) >= 11 is 0. The van der Waals surface area contributed by atoms with Crippen molar-refractivity contribution in [3.63, 3.8) is 0 Å². The molecular weight excluding hydrogens is 374 g/mol. The number of nitrogens with one attached hydrogen (secondary N) is 1. The molecule has 1 aromatic carbocycles. The Bertz CT molecular complexity index is 1160. The first kappa shape index (κ1) is 18.9. The Kier molecular flexibility index (Phi) is 4.83. The fraction of sp³-hybridized carbons (Fsp3) is 0.391. The molecule has 0 saturated carbocycles. The van der Waals surface area contributed by atoms with Gasteiger partial charge < -0.3 is 0 Å². The van der Waals surface area contributed by atoms with Crippen molar-refractivity contribution in [1.29, 1.82) is 0 Å². The molecule has 1 aliphatic rings. The van der Waals surface area contributed by atoms with E-state index in [0.29, 0.717) is 5.92 Å². The van der Waals surface area contributed by atoms with Gasteiger partial charge in [0.2, 0.25) is 0 Å². The molecule has 0 radical (unpaired) electrons. The van der Waals surface area contributed by atoms with Crippen LogP contribution in [0.25, 0.3) is 22.3 Å². The lowest BCUT2D eigenvalue weighted by Gasteiger charge is -2.30. The molecule has 0 bridgehead atoms. The molecule has 0 spiro atoms. The first-order valence-corrected chi connectivity index (χ1v) is 10.6. The van der Waals surface area contributed by atoms with Gasteiger partial charge in [-0.1, -0.05) is 18.2 Å². The normalized spacial score (nSPS) is 15.8. The number of para-hydroxylation sites is 1. The van der Waals surface area contributed by atoms with Crippen LogP contribution in [0.5, 0.6) is 0 Å². The number of nitrogens with zero attached hydrogens (tertiary/aromatic N) is 6. The molecule has 0 aliphatic carbocycles. The van der Waals surface area contributed by atoms with Crippen molar-refractivity contribution in [2.24, 2.45) is 7.05 Å². The summed E-state index contributed by atoms with van der Waals surface area (Å²) in [5, 5.41) is 13.3. The Morgan fingerprint density at radius 1 is 1.10 bits per heavy atom. The number of hydrogen-bond donors (Lipinski definition) is 1. The zero-order valence-electron chi connectivity index (χ0n) is 17.8. The van der Waals surface area contributed by atoms with Crippen molar-refractivity contribution in [3.05, 3.63) is 59.3 Å². The first-order valence-electron chi connectivity index (χ1n) is 10.6. The zero-order chi connectivity index (χ0) is 20.7. The van der Waals surface area contributed by atoms with Gasteiger partial charge in [0.25, 0.3) is 0 Å². The van der Waals surface area contributed by atoms with Crippen LogP contribution in [0.2, 0.25) is 0 Å². The molecule has 3 aromatic heterocycles. The number of H-pyrrole nitrogens is 1. The van der Waals surface area contributed by atoms with Gasteiger partial charge in [0.05, 0.1) is 24.0 Å². The average Bonchev–Trinajstić information content (AvgIpc) is 3.35. The quantitative estimate of drug-likeness (QED) is 0.564. The van der Waals surface area contributed by atoms with Crippen LogP contribution >= 0.6 is 0 Å². The summed E-state index contributed by atoms with van der Waals surface area (Å²) in [5.74, 6) is 1.43. The molecular formula is C23H27N7. The third-order valence-electron chi connectivity index (χ3n) is 6.19. The Labute approximate surface area is 176 Å². The van der Waals surface area contributed by atoms with Crippen LogP contribution in [0.3, 0.4) is 0 Å². The number of rotatable bonds is 4. The highest BCUT2D eigenvalue weighted by Crippen LogP contribution is 2.30. The monoisotopic (exact) mass is 401 g/mol. The summed E-state index contributed by atoms with van der Waals surface area (Å²) in [6.07, 6.45) is 4.11. The van der Waals surface area contributed by atoms with Gasteiger partial charge in [-0.15, -0.1) is 0 Å². The van der Waals surface area contributed by atoms with Crippen LogP contribution in [0, 0.1) is 13.8 Å². The van der Waals surface area contributed by atoms with Crippen molar-refractivity contribution >= 4 is 10.9 Å². The average molecular weight is 402 g/mol. The fourth-order valence-electron chi connectivity index (χ4n) is 4.55. The smallest absolute Gasteiger partial charge is 0.143 e. The first-order chi connectivity index (χ1) is 14.6. The van der Waals surface area contributed by atoms with E-state index in [2.05, 4.69) is 52.2 Å². The van der Waals surface area contributed by atoms with E-state index >= 15 is 0 Å². The van der Waals surface area contributed by atoms with E-state index < -0.39 is 0 Å². The lowest BCUT2D eigenvalue weighted by atomic mass is 9.93. The lowest BCUT2D eigenvalue weighted by molar-refractivity contribution is 0.199. The summed E-state index contributed by atoms with van der Waals surface area (Å²) in [4.78, 5) is 12.0. The molecule has 0 unspecified atom stereocenters. The van der Waals surface area contributed by atoms with Crippen LogP contribution in [0.1, 0.15) is 41.5 Å². The van der Waals surface area contributed by atoms with E-state index in [-0.39, 0.29) is 0 Å². The largest absolute Gasteiger partial charge is 0.296 e. The Hall–Kier alpha value is -3.06. The maximum Gasteiger partial charge on any atom is 0.143 e. The van der Waals surface area contributed by atoms with Crippen LogP contribution in [-0.2, 0) is 13.6 Å². The van der Waals surface area contributed by atoms with Gasteiger partial charge in [0, 0.05) is 29.7 Å². The molecule has 5 rings (SSSR count). The minimum absolute atomic E-state index is 0.510. The summed E-state index contributed by atoms with van der Waals surface area (Å²) in [5.41, 5.74) is 6.52. The molecule has 1 fully saturated rings. The highest BCUT2D eigenvalue weighted by atomic mass is 15.3. The fourth-order valence-corrected chi connectivity index (χ4v) is 4.55. The second kappa shape index (κ2) is 7.65. The van der Waals surface area contributed by atoms with Crippen LogP contribution < -0.4 is 0 Å². The Morgan fingerprint density at radius 3 is 2.67 bits per heavy atom. The SMILES string of the molecule is Cc1cnn(C)c1-c1cc(C2CCN(Cc3nc(C)c4ccccc4n3)CC2)[nH]n1. The van der Waals surface area contributed by atoms with Gasteiger partial charge in [-0.3, -0.25) is 14.7 Å². The van der Waals surface area contributed by atoms with Gasteiger partial charge in [-0.25, -0.2) is 9.97 Å². The number of aromatic amines is 1. The minimum atomic E-state index is 0.510. The van der Waals surface area contributed by atoms with E-state index in [1.807, 2.05) is 30.1 Å². The maximum absolute atomic E-state index is 4.78. The van der Waals surface area contributed by atoms with Crippen molar-refractivity contribution < 1.29 is 0 Å². The van der Waals surface area contributed by atoms with E-state index in [9.17, 15) is 0 Å². The van der Waals surface area contributed by atoms with Crippen LogP contribution in [-0.4, -0.2) is 47.9 Å². The molecule has 1 saturated heterocycles. The second-order valence-corrected chi connectivity index (χ2v) is 8.30. The predicted molar refractivity (Wildman–Crippen MR) is 117 cm³/mol.